The summed E-state index contributed by atoms with van der Waals surface area (Å²) in [5.41, 5.74) is 1.23. The molecule has 0 amide bonds. The number of ether oxygens (including phenoxy) is 2. The molecule has 2 aliphatic rings. The molecule has 2 fully saturated rings. The summed E-state index contributed by atoms with van der Waals surface area (Å²) in [7, 11) is 0. The van der Waals surface area contributed by atoms with Gasteiger partial charge in [-0.1, -0.05) is 6.07 Å². The van der Waals surface area contributed by atoms with Crippen LogP contribution in [-0.4, -0.2) is 67.4 Å². The fourth-order valence-corrected chi connectivity index (χ4v) is 3.68. The molecular formula is C21H34N4O2. The molecule has 1 aromatic rings. The second-order valence-electron chi connectivity index (χ2n) is 7.36. The molecule has 0 saturated carbocycles. The average molecular weight is 375 g/mol. The molecule has 2 aliphatic heterocycles. The van der Waals surface area contributed by atoms with Crippen LogP contribution in [0.1, 0.15) is 44.6 Å². The lowest BCUT2D eigenvalue weighted by molar-refractivity contribution is -0.0721. The zero-order chi connectivity index (χ0) is 18.7. The molecule has 150 valence electrons. The molecule has 2 saturated heterocycles. The van der Waals surface area contributed by atoms with Crippen molar-refractivity contribution in [2.75, 3.05) is 39.4 Å². The predicted molar refractivity (Wildman–Crippen MR) is 108 cm³/mol. The Morgan fingerprint density at radius 1 is 1.33 bits per heavy atom. The van der Waals surface area contributed by atoms with E-state index in [0.29, 0.717) is 12.2 Å². The predicted octanol–water partition coefficient (Wildman–Crippen LogP) is 2.64. The van der Waals surface area contributed by atoms with Gasteiger partial charge in [0.1, 0.15) is 0 Å². The van der Waals surface area contributed by atoms with Gasteiger partial charge in [-0.25, -0.2) is 0 Å². The van der Waals surface area contributed by atoms with E-state index in [1.807, 2.05) is 18.5 Å². The normalized spacial score (nSPS) is 22.0. The van der Waals surface area contributed by atoms with Gasteiger partial charge in [0.25, 0.3) is 0 Å². The monoisotopic (exact) mass is 374 g/mol. The topological polar surface area (TPSA) is 59.0 Å². The summed E-state index contributed by atoms with van der Waals surface area (Å²) in [6.45, 7) is 7.43. The quantitative estimate of drug-likeness (QED) is 0.587. The van der Waals surface area contributed by atoms with Gasteiger partial charge in [0.15, 0.2) is 5.96 Å². The number of aromatic nitrogens is 1. The molecule has 0 bridgehead atoms. The van der Waals surface area contributed by atoms with E-state index in [0.717, 1.165) is 71.0 Å². The molecule has 0 spiro atoms. The lowest BCUT2D eigenvalue weighted by Gasteiger charge is -2.35. The van der Waals surface area contributed by atoms with Gasteiger partial charge in [-0.3, -0.25) is 9.98 Å². The van der Waals surface area contributed by atoms with Crippen LogP contribution in [0, 0.1) is 0 Å². The highest BCUT2D eigenvalue weighted by molar-refractivity contribution is 5.80. The summed E-state index contributed by atoms with van der Waals surface area (Å²) >= 11 is 0. The molecule has 6 heteroatoms. The Labute approximate surface area is 163 Å². The van der Waals surface area contributed by atoms with E-state index in [-0.39, 0.29) is 0 Å². The number of aliphatic imine (C=N–C) groups is 1. The lowest BCUT2D eigenvalue weighted by Crippen LogP contribution is -2.47. The first-order valence-electron chi connectivity index (χ1n) is 10.5. The number of nitrogens with one attached hydrogen (secondary N) is 1. The lowest BCUT2D eigenvalue weighted by atomic mass is 10.1. The summed E-state index contributed by atoms with van der Waals surface area (Å²) < 4.78 is 11.9. The van der Waals surface area contributed by atoms with Crippen LogP contribution < -0.4 is 5.32 Å². The minimum atomic E-state index is 0.308. The van der Waals surface area contributed by atoms with Crippen LogP contribution in [0.15, 0.2) is 29.5 Å². The van der Waals surface area contributed by atoms with E-state index < -0.39 is 0 Å². The maximum absolute atomic E-state index is 6.13. The number of pyridine rings is 1. The third-order valence-corrected chi connectivity index (χ3v) is 5.25. The third kappa shape index (κ3) is 6.78. The van der Waals surface area contributed by atoms with Gasteiger partial charge in [0.05, 0.1) is 18.8 Å². The first-order chi connectivity index (χ1) is 13.3. The maximum Gasteiger partial charge on any atom is 0.193 e. The Kier molecular flexibility index (Phi) is 8.36. The summed E-state index contributed by atoms with van der Waals surface area (Å²) in [4.78, 5) is 11.4. The fourth-order valence-electron chi connectivity index (χ4n) is 3.68. The Hall–Kier alpha value is -1.66. The number of hydrogen-bond donors (Lipinski definition) is 1. The van der Waals surface area contributed by atoms with Gasteiger partial charge in [0, 0.05) is 45.2 Å². The van der Waals surface area contributed by atoms with E-state index in [1.165, 1.54) is 18.4 Å². The van der Waals surface area contributed by atoms with E-state index in [2.05, 4.69) is 28.2 Å². The van der Waals surface area contributed by atoms with Crippen LogP contribution in [0.2, 0.25) is 0 Å². The van der Waals surface area contributed by atoms with Crippen molar-refractivity contribution in [3.05, 3.63) is 30.1 Å². The molecule has 0 radical (unpaired) electrons. The number of rotatable bonds is 7. The minimum Gasteiger partial charge on any atom is -0.376 e. The molecule has 0 aliphatic carbocycles. The molecule has 1 aromatic heterocycles. The summed E-state index contributed by atoms with van der Waals surface area (Å²) in [6.07, 6.45) is 11.0. The molecular weight excluding hydrogens is 340 g/mol. The van der Waals surface area contributed by atoms with Gasteiger partial charge < -0.3 is 19.7 Å². The van der Waals surface area contributed by atoms with Crippen molar-refractivity contribution < 1.29 is 9.47 Å². The SMILES string of the molecule is CCNC(=NCCc1cccnc1)N1CCC(OCC2CCCCO2)CC1. The van der Waals surface area contributed by atoms with Crippen LogP contribution in [0.3, 0.4) is 0 Å². The number of piperidine rings is 1. The first-order valence-corrected chi connectivity index (χ1v) is 10.5. The van der Waals surface area contributed by atoms with E-state index in [4.69, 9.17) is 14.5 Å². The van der Waals surface area contributed by atoms with Crippen molar-refractivity contribution in [2.45, 2.75) is 57.7 Å². The minimum absolute atomic E-state index is 0.308. The van der Waals surface area contributed by atoms with E-state index in [9.17, 15) is 0 Å². The van der Waals surface area contributed by atoms with Crippen LogP contribution in [0.4, 0.5) is 0 Å². The van der Waals surface area contributed by atoms with Crippen molar-refractivity contribution in [1.82, 2.24) is 15.2 Å². The first kappa shape index (κ1) is 20.1. The summed E-state index contributed by atoms with van der Waals surface area (Å²) in [6, 6.07) is 4.09. The molecule has 3 heterocycles. The highest BCUT2D eigenvalue weighted by Crippen LogP contribution is 2.18. The molecule has 27 heavy (non-hydrogen) atoms. The van der Waals surface area contributed by atoms with Crippen molar-refractivity contribution in [3.63, 3.8) is 0 Å². The molecule has 1 N–H and O–H groups in total. The Morgan fingerprint density at radius 3 is 2.93 bits per heavy atom. The largest absolute Gasteiger partial charge is 0.376 e. The molecule has 0 aromatic carbocycles. The van der Waals surface area contributed by atoms with Crippen LogP contribution in [0.5, 0.6) is 0 Å². The molecule has 1 atom stereocenters. The smallest absolute Gasteiger partial charge is 0.193 e. The van der Waals surface area contributed by atoms with Crippen molar-refractivity contribution in [1.29, 1.82) is 0 Å². The fraction of sp³-hybridized carbons (Fsp3) is 0.714. The second-order valence-corrected chi connectivity index (χ2v) is 7.36. The van der Waals surface area contributed by atoms with Gasteiger partial charge >= 0.3 is 0 Å². The number of nitrogens with zero attached hydrogens (tertiary/aromatic N) is 3. The zero-order valence-corrected chi connectivity index (χ0v) is 16.6. The Morgan fingerprint density at radius 2 is 2.22 bits per heavy atom. The van der Waals surface area contributed by atoms with Gasteiger partial charge in [0.2, 0.25) is 0 Å². The third-order valence-electron chi connectivity index (χ3n) is 5.25. The van der Waals surface area contributed by atoms with Gasteiger partial charge in [-0.15, -0.1) is 0 Å². The average Bonchev–Trinajstić information content (AvgIpc) is 2.74. The standard InChI is InChI=1S/C21H34N4O2/c1-2-23-21(24-12-8-18-6-5-11-22-16-18)25-13-9-19(10-14-25)27-17-20-7-3-4-15-26-20/h5-6,11,16,19-20H,2-4,7-10,12-15,17H2,1H3,(H,23,24). The number of likely N-dealkylation sites (tertiary alicyclic amines) is 1. The van der Waals surface area contributed by atoms with Gasteiger partial charge in [-0.2, -0.15) is 0 Å². The zero-order valence-electron chi connectivity index (χ0n) is 16.6. The van der Waals surface area contributed by atoms with Crippen LogP contribution >= 0.6 is 0 Å². The summed E-state index contributed by atoms with van der Waals surface area (Å²) in [5.74, 6) is 1.02. The summed E-state index contributed by atoms with van der Waals surface area (Å²) in [5, 5.41) is 3.44. The maximum atomic E-state index is 6.13. The van der Waals surface area contributed by atoms with E-state index in [1.54, 1.807) is 0 Å². The molecule has 1 unspecified atom stereocenters. The molecule has 6 nitrogen and oxygen atoms in total. The number of hydrogen-bond acceptors (Lipinski definition) is 4. The Balaban J connectivity index is 1.41. The van der Waals surface area contributed by atoms with E-state index >= 15 is 0 Å². The highest BCUT2D eigenvalue weighted by Gasteiger charge is 2.23. The van der Waals surface area contributed by atoms with Crippen molar-refractivity contribution in [2.24, 2.45) is 4.99 Å². The molecule has 3 rings (SSSR count). The highest BCUT2D eigenvalue weighted by atomic mass is 16.5. The van der Waals surface area contributed by atoms with Gasteiger partial charge in [-0.05, 0) is 57.1 Å². The Bertz CT molecular complexity index is 553. The van der Waals surface area contributed by atoms with Crippen molar-refractivity contribution in [3.8, 4) is 0 Å². The van der Waals surface area contributed by atoms with Crippen LogP contribution in [-0.2, 0) is 15.9 Å². The second kappa shape index (κ2) is 11.2. The van der Waals surface area contributed by atoms with Crippen molar-refractivity contribution >= 4 is 5.96 Å². The van der Waals surface area contributed by atoms with Crippen LogP contribution in [0.25, 0.3) is 0 Å². The number of guanidine groups is 1.